The zero-order valence-electron chi connectivity index (χ0n) is 40.2. The fourth-order valence-electron chi connectivity index (χ4n) is 8.04. The molecular formula is C53H102O6. The van der Waals surface area contributed by atoms with E-state index in [2.05, 4.69) is 27.7 Å². The number of hydrogen-bond donors (Lipinski definition) is 0. The summed E-state index contributed by atoms with van der Waals surface area (Å²) in [5, 5.41) is 0. The van der Waals surface area contributed by atoms with E-state index in [9.17, 15) is 14.4 Å². The summed E-state index contributed by atoms with van der Waals surface area (Å²) in [5.41, 5.74) is 0. The molecule has 0 radical (unpaired) electrons. The summed E-state index contributed by atoms with van der Waals surface area (Å²) in [5.74, 6) is -0.0847. The van der Waals surface area contributed by atoms with Crippen molar-refractivity contribution in [3.63, 3.8) is 0 Å². The summed E-state index contributed by atoms with van der Waals surface area (Å²) < 4.78 is 16.8. The van der Waals surface area contributed by atoms with Gasteiger partial charge in [0.2, 0.25) is 0 Å². The predicted molar refractivity (Wildman–Crippen MR) is 252 cm³/mol. The van der Waals surface area contributed by atoms with Crippen LogP contribution in [0.25, 0.3) is 0 Å². The highest BCUT2D eigenvalue weighted by Gasteiger charge is 2.19. The van der Waals surface area contributed by atoms with Gasteiger partial charge in [0.05, 0.1) is 0 Å². The summed E-state index contributed by atoms with van der Waals surface area (Å²) in [7, 11) is 0. The second-order valence-corrected chi connectivity index (χ2v) is 18.6. The third-order valence-electron chi connectivity index (χ3n) is 12.0. The van der Waals surface area contributed by atoms with Crippen molar-refractivity contribution in [1.29, 1.82) is 0 Å². The van der Waals surface area contributed by atoms with Crippen LogP contribution in [0.15, 0.2) is 0 Å². The molecule has 0 saturated carbocycles. The van der Waals surface area contributed by atoms with Crippen LogP contribution in [0, 0.1) is 5.92 Å². The minimum atomic E-state index is -0.761. The van der Waals surface area contributed by atoms with E-state index >= 15 is 0 Å². The lowest BCUT2D eigenvalue weighted by atomic mass is 10.0. The van der Waals surface area contributed by atoms with Gasteiger partial charge in [0.15, 0.2) is 6.10 Å². The summed E-state index contributed by atoms with van der Waals surface area (Å²) >= 11 is 0. The highest BCUT2D eigenvalue weighted by atomic mass is 16.6. The van der Waals surface area contributed by atoms with Gasteiger partial charge in [-0.15, -0.1) is 0 Å². The van der Waals surface area contributed by atoms with Gasteiger partial charge in [0.25, 0.3) is 0 Å². The molecule has 59 heavy (non-hydrogen) atoms. The predicted octanol–water partition coefficient (Wildman–Crippen LogP) is 17.1. The van der Waals surface area contributed by atoms with Crippen molar-refractivity contribution in [3.05, 3.63) is 0 Å². The number of carbonyl (C=O) groups excluding carboxylic acids is 3. The van der Waals surface area contributed by atoms with Crippen LogP contribution in [0.2, 0.25) is 0 Å². The van der Waals surface area contributed by atoms with Crippen LogP contribution in [0.1, 0.15) is 297 Å². The Hall–Kier alpha value is -1.59. The number of esters is 3. The highest BCUT2D eigenvalue weighted by molar-refractivity contribution is 5.71. The molecule has 6 heteroatoms. The number of unbranched alkanes of at least 4 members (excludes halogenated alkanes) is 35. The molecule has 0 amide bonds. The number of carbonyl (C=O) groups is 3. The third kappa shape index (κ3) is 47.3. The van der Waals surface area contributed by atoms with Gasteiger partial charge in [-0.05, 0) is 25.2 Å². The minimum absolute atomic E-state index is 0.0634. The summed E-state index contributed by atoms with van der Waals surface area (Å²) in [6.45, 7) is 8.96. The van der Waals surface area contributed by atoms with Crippen LogP contribution in [-0.4, -0.2) is 37.2 Å². The Morgan fingerprint density at radius 3 is 0.831 bits per heavy atom. The SMILES string of the molecule is CCCCCCCCCCCCCCCCCCCC(=O)OC[C@H](COC(=O)CCCCCCCCC(C)C)OC(=O)CCCCCCCCCCCCCCCCC. The van der Waals surface area contributed by atoms with Crippen molar-refractivity contribution in [1.82, 2.24) is 0 Å². The summed E-state index contributed by atoms with van der Waals surface area (Å²) in [6, 6.07) is 0. The lowest BCUT2D eigenvalue weighted by Crippen LogP contribution is -2.30. The van der Waals surface area contributed by atoms with E-state index in [1.54, 1.807) is 0 Å². The van der Waals surface area contributed by atoms with Crippen LogP contribution >= 0.6 is 0 Å². The van der Waals surface area contributed by atoms with Crippen molar-refractivity contribution in [2.75, 3.05) is 13.2 Å². The largest absolute Gasteiger partial charge is 0.462 e. The Labute approximate surface area is 368 Å². The average Bonchev–Trinajstić information content (AvgIpc) is 3.22. The van der Waals surface area contributed by atoms with Gasteiger partial charge in [0.1, 0.15) is 13.2 Å². The molecule has 0 N–H and O–H groups in total. The molecule has 0 aromatic heterocycles. The van der Waals surface area contributed by atoms with E-state index in [0.29, 0.717) is 19.3 Å². The zero-order valence-corrected chi connectivity index (χ0v) is 40.2. The molecule has 6 nitrogen and oxygen atoms in total. The quantitative estimate of drug-likeness (QED) is 0.0345. The van der Waals surface area contributed by atoms with Crippen LogP contribution in [-0.2, 0) is 28.6 Å². The van der Waals surface area contributed by atoms with Gasteiger partial charge in [0, 0.05) is 19.3 Å². The van der Waals surface area contributed by atoms with Crippen LogP contribution < -0.4 is 0 Å². The van der Waals surface area contributed by atoms with Gasteiger partial charge < -0.3 is 14.2 Å². The van der Waals surface area contributed by atoms with E-state index in [4.69, 9.17) is 14.2 Å². The smallest absolute Gasteiger partial charge is 0.306 e. The normalized spacial score (nSPS) is 11.9. The van der Waals surface area contributed by atoms with E-state index < -0.39 is 6.10 Å². The summed E-state index contributed by atoms with van der Waals surface area (Å²) in [6.07, 6.45) is 49.6. The van der Waals surface area contributed by atoms with E-state index in [-0.39, 0.29) is 31.1 Å². The van der Waals surface area contributed by atoms with Crippen molar-refractivity contribution < 1.29 is 28.6 Å². The van der Waals surface area contributed by atoms with Crippen molar-refractivity contribution in [2.45, 2.75) is 303 Å². The fourth-order valence-corrected chi connectivity index (χ4v) is 8.04. The first-order valence-electron chi connectivity index (χ1n) is 26.4. The lowest BCUT2D eigenvalue weighted by Gasteiger charge is -2.18. The second-order valence-electron chi connectivity index (χ2n) is 18.6. The van der Waals surface area contributed by atoms with Gasteiger partial charge in [-0.25, -0.2) is 0 Å². The maximum Gasteiger partial charge on any atom is 0.306 e. The maximum atomic E-state index is 12.8. The molecule has 0 aliphatic carbocycles. The highest BCUT2D eigenvalue weighted by Crippen LogP contribution is 2.17. The van der Waals surface area contributed by atoms with Crippen LogP contribution in [0.3, 0.4) is 0 Å². The van der Waals surface area contributed by atoms with Gasteiger partial charge in [-0.3, -0.25) is 14.4 Å². The molecule has 0 unspecified atom stereocenters. The molecule has 0 fully saturated rings. The molecule has 0 saturated heterocycles. The molecular weight excluding hydrogens is 733 g/mol. The van der Waals surface area contributed by atoms with Crippen molar-refractivity contribution in [2.24, 2.45) is 5.92 Å². The second kappa shape index (κ2) is 47.5. The molecule has 0 heterocycles. The Balaban J connectivity index is 4.25. The molecule has 350 valence electrons. The Morgan fingerprint density at radius 1 is 0.322 bits per heavy atom. The Morgan fingerprint density at radius 2 is 0.559 bits per heavy atom. The molecule has 0 rings (SSSR count). The lowest BCUT2D eigenvalue weighted by molar-refractivity contribution is -0.167. The minimum Gasteiger partial charge on any atom is -0.462 e. The molecule has 0 aliphatic heterocycles. The summed E-state index contributed by atoms with van der Waals surface area (Å²) in [4.78, 5) is 37.9. The topological polar surface area (TPSA) is 78.9 Å². The van der Waals surface area contributed by atoms with Gasteiger partial charge in [-0.1, -0.05) is 259 Å². The van der Waals surface area contributed by atoms with Gasteiger partial charge >= 0.3 is 17.9 Å². The fraction of sp³-hybridized carbons (Fsp3) is 0.943. The first-order chi connectivity index (χ1) is 28.9. The average molecular weight is 835 g/mol. The monoisotopic (exact) mass is 835 g/mol. The number of hydrogen-bond acceptors (Lipinski definition) is 6. The van der Waals surface area contributed by atoms with E-state index in [1.807, 2.05) is 0 Å². The molecule has 0 bridgehead atoms. The Kier molecular flexibility index (Phi) is 46.2. The number of ether oxygens (including phenoxy) is 3. The van der Waals surface area contributed by atoms with Crippen molar-refractivity contribution >= 4 is 17.9 Å². The first-order valence-corrected chi connectivity index (χ1v) is 26.4. The van der Waals surface area contributed by atoms with Crippen LogP contribution in [0.4, 0.5) is 0 Å². The molecule has 0 aromatic carbocycles. The molecule has 0 aromatic rings. The van der Waals surface area contributed by atoms with Crippen molar-refractivity contribution in [3.8, 4) is 0 Å². The molecule has 0 spiro atoms. The van der Waals surface area contributed by atoms with Gasteiger partial charge in [-0.2, -0.15) is 0 Å². The Bertz CT molecular complexity index is 887. The standard InChI is InChI=1S/C53H102O6/c1-5-7-9-11-13-15-17-19-21-22-24-25-27-29-31-36-40-44-51(54)57-47-50(48-58-52(55)45-41-37-34-33-35-39-43-49(3)4)59-53(56)46-42-38-32-30-28-26-23-20-18-16-14-12-10-8-6-2/h49-50H,5-48H2,1-4H3/t50-/m1/s1. The van der Waals surface area contributed by atoms with Crippen LogP contribution in [0.5, 0.6) is 0 Å². The third-order valence-corrected chi connectivity index (χ3v) is 12.0. The molecule has 0 aliphatic rings. The van der Waals surface area contributed by atoms with E-state index in [0.717, 1.165) is 63.7 Å². The molecule has 1 atom stereocenters. The first kappa shape index (κ1) is 57.4. The maximum absolute atomic E-state index is 12.8. The number of rotatable bonds is 48. The zero-order chi connectivity index (χ0) is 43.1. The van der Waals surface area contributed by atoms with E-state index in [1.165, 1.54) is 193 Å².